The lowest BCUT2D eigenvalue weighted by atomic mass is 9.88. The Balaban J connectivity index is 1.36. The molecule has 4 rings (SSSR count). The van der Waals surface area contributed by atoms with Crippen LogP contribution < -0.4 is 10.2 Å². The quantitative estimate of drug-likeness (QED) is 0.662. The highest BCUT2D eigenvalue weighted by Gasteiger charge is 2.22. The molecule has 5 nitrogen and oxygen atoms in total. The summed E-state index contributed by atoms with van der Waals surface area (Å²) < 4.78 is 0. The van der Waals surface area contributed by atoms with Crippen LogP contribution in [0.2, 0.25) is 0 Å². The van der Waals surface area contributed by atoms with Gasteiger partial charge in [0.15, 0.2) is 0 Å². The zero-order chi connectivity index (χ0) is 20.2. The number of rotatable bonds is 5. The third kappa shape index (κ3) is 4.65. The van der Waals surface area contributed by atoms with Crippen molar-refractivity contribution in [2.75, 3.05) is 18.0 Å². The standard InChI is InChI=1S/C23H26N4OS/c1-16(26-17(2)28)18-6-8-19(9-7-18)20-10-13-27(14-11-20)22-15-25-23(29-22)21-5-3-4-12-24-21/h3-9,12,15-16,20H,10-11,13-14H2,1-2H3,(H,26,28)/t16-/m0/s1. The number of anilines is 1. The van der Waals surface area contributed by atoms with Gasteiger partial charge in [-0.05, 0) is 48.9 Å². The van der Waals surface area contributed by atoms with Gasteiger partial charge in [0.2, 0.25) is 5.91 Å². The summed E-state index contributed by atoms with van der Waals surface area (Å²) in [5.41, 5.74) is 3.47. The number of thiazole rings is 1. The molecule has 1 saturated heterocycles. The van der Waals surface area contributed by atoms with E-state index >= 15 is 0 Å². The van der Waals surface area contributed by atoms with Crippen LogP contribution in [0.15, 0.2) is 54.9 Å². The molecule has 0 radical (unpaired) electrons. The van der Waals surface area contributed by atoms with Crippen LogP contribution in [0.4, 0.5) is 5.00 Å². The Hall–Kier alpha value is -2.73. The van der Waals surface area contributed by atoms with Gasteiger partial charge in [-0.2, -0.15) is 0 Å². The van der Waals surface area contributed by atoms with Gasteiger partial charge in [-0.25, -0.2) is 4.98 Å². The minimum atomic E-state index is 0.00298. The maximum Gasteiger partial charge on any atom is 0.217 e. The summed E-state index contributed by atoms with van der Waals surface area (Å²) in [7, 11) is 0. The summed E-state index contributed by atoms with van der Waals surface area (Å²) in [6, 6.07) is 14.7. The van der Waals surface area contributed by atoms with Crippen molar-refractivity contribution in [3.63, 3.8) is 0 Å². The summed E-state index contributed by atoms with van der Waals surface area (Å²) in [5.74, 6) is 0.586. The van der Waals surface area contributed by atoms with Crippen LogP contribution in [-0.4, -0.2) is 29.0 Å². The molecule has 1 aliphatic heterocycles. The molecule has 0 saturated carbocycles. The second-order valence-electron chi connectivity index (χ2n) is 7.57. The number of nitrogens with zero attached hydrogens (tertiary/aromatic N) is 3. The third-order valence-corrected chi connectivity index (χ3v) is 6.59. The van der Waals surface area contributed by atoms with Gasteiger partial charge in [-0.15, -0.1) is 0 Å². The van der Waals surface area contributed by atoms with Gasteiger partial charge in [-0.3, -0.25) is 9.78 Å². The predicted molar refractivity (Wildman–Crippen MR) is 118 cm³/mol. The molecular weight excluding hydrogens is 380 g/mol. The monoisotopic (exact) mass is 406 g/mol. The van der Waals surface area contributed by atoms with Crippen LogP contribution in [0.5, 0.6) is 0 Å². The topological polar surface area (TPSA) is 58.1 Å². The van der Waals surface area contributed by atoms with Crippen LogP contribution in [0.1, 0.15) is 49.8 Å². The fourth-order valence-electron chi connectivity index (χ4n) is 3.90. The van der Waals surface area contributed by atoms with Crippen molar-refractivity contribution in [3.05, 3.63) is 66.0 Å². The Morgan fingerprint density at radius 2 is 1.90 bits per heavy atom. The second kappa shape index (κ2) is 8.74. The van der Waals surface area contributed by atoms with Gasteiger partial charge in [0, 0.05) is 26.2 Å². The van der Waals surface area contributed by atoms with Crippen molar-refractivity contribution in [2.45, 2.75) is 38.6 Å². The van der Waals surface area contributed by atoms with Gasteiger partial charge in [-0.1, -0.05) is 41.7 Å². The van der Waals surface area contributed by atoms with E-state index in [0.29, 0.717) is 5.92 Å². The first kappa shape index (κ1) is 19.6. The number of hydrogen-bond acceptors (Lipinski definition) is 5. The van der Waals surface area contributed by atoms with Gasteiger partial charge >= 0.3 is 0 Å². The highest BCUT2D eigenvalue weighted by atomic mass is 32.1. The lowest BCUT2D eigenvalue weighted by Gasteiger charge is -2.32. The first-order chi connectivity index (χ1) is 14.1. The first-order valence-electron chi connectivity index (χ1n) is 10.1. The van der Waals surface area contributed by atoms with Gasteiger partial charge in [0.1, 0.15) is 10.0 Å². The Morgan fingerprint density at radius 3 is 2.55 bits per heavy atom. The molecule has 1 N–H and O–H groups in total. The number of benzene rings is 1. The van der Waals surface area contributed by atoms with E-state index in [1.54, 1.807) is 18.3 Å². The van der Waals surface area contributed by atoms with Gasteiger partial charge < -0.3 is 10.2 Å². The second-order valence-corrected chi connectivity index (χ2v) is 8.58. The number of aromatic nitrogens is 2. The minimum Gasteiger partial charge on any atom is -0.362 e. The maximum absolute atomic E-state index is 11.2. The summed E-state index contributed by atoms with van der Waals surface area (Å²) in [6.45, 7) is 5.65. The van der Waals surface area contributed by atoms with E-state index in [2.05, 4.69) is 44.5 Å². The third-order valence-electron chi connectivity index (χ3n) is 5.51. The fraction of sp³-hybridized carbons (Fsp3) is 0.348. The number of pyridine rings is 1. The highest BCUT2D eigenvalue weighted by molar-refractivity contribution is 7.18. The van der Waals surface area contributed by atoms with E-state index in [1.807, 2.05) is 37.5 Å². The molecule has 0 spiro atoms. The van der Waals surface area contributed by atoms with Crippen LogP contribution in [0.3, 0.4) is 0 Å². The molecule has 1 amide bonds. The Labute approximate surface area is 175 Å². The zero-order valence-electron chi connectivity index (χ0n) is 16.8. The first-order valence-corrected chi connectivity index (χ1v) is 10.9. The molecule has 3 heterocycles. The van der Waals surface area contributed by atoms with Crippen LogP contribution in [-0.2, 0) is 4.79 Å². The smallest absolute Gasteiger partial charge is 0.217 e. The van der Waals surface area contributed by atoms with E-state index in [0.717, 1.165) is 42.2 Å². The zero-order valence-corrected chi connectivity index (χ0v) is 17.7. The van der Waals surface area contributed by atoms with Gasteiger partial charge in [0.05, 0.1) is 17.9 Å². The van der Waals surface area contributed by atoms with E-state index in [-0.39, 0.29) is 11.9 Å². The molecular formula is C23H26N4OS. The predicted octanol–water partition coefficient (Wildman–Crippen LogP) is 4.79. The molecule has 3 aromatic rings. The molecule has 1 aliphatic rings. The highest BCUT2D eigenvalue weighted by Crippen LogP contribution is 2.35. The number of hydrogen-bond donors (Lipinski definition) is 1. The molecule has 6 heteroatoms. The molecule has 0 aliphatic carbocycles. The summed E-state index contributed by atoms with van der Waals surface area (Å²) in [5, 5.41) is 5.14. The normalized spacial score (nSPS) is 15.9. The summed E-state index contributed by atoms with van der Waals surface area (Å²) in [4.78, 5) is 22.7. The number of piperidine rings is 1. The van der Waals surface area contributed by atoms with Gasteiger partial charge in [0.25, 0.3) is 0 Å². The van der Waals surface area contributed by atoms with Crippen molar-refractivity contribution in [1.82, 2.24) is 15.3 Å². The average molecular weight is 407 g/mol. The Morgan fingerprint density at radius 1 is 1.14 bits per heavy atom. The van der Waals surface area contributed by atoms with Crippen LogP contribution in [0.25, 0.3) is 10.7 Å². The summed E-state index contributed by atoms with van der Waals surface area (Å²) in [6.07, 6.45) is 6.06. The lowest BCUT2D eigenvalue weighted by Crippen LogP contribution is -2.32. The molecule has 29 heavy (non-hydrogen) atoms. The summed E-state index contributed by atoms with van der Waals surface area (Å²) >= 11 is 1.72. The Kier molecular flexibility index (Phi) is 5.90. The molecule has 1 aromatic carbocycles. The molecule has 150 valence electrons. The van der Waals surface area contributed by atoms with E-state index in [1.165, 1.54) is 10.6 Å². The molecule has 0 bridgehead atoms. The maximum atomic E-state index is 11.2. The number of amides is 1. The van der Waals surface area contributed by atoms with Crippen molar-refractivity contribution in [3.8, 4) is 10.7 Å². The SMILES string of the molecule is CC(=O)N[C@@H](C)c1ccc(C2CCN(c3cnc(-c4ccccn4)s3)CC2)cc1. The van der Waals surface area contributed by atoms with E-state index in [9.17, 15) is 4.79 Å². The van der Waals surface area contributed by atoms with Crippen LogP contribution >= 0.6 is 11.3 Å². The number of nitrogens with one attached hydrogen (secondary N) is 1. The van der Waals surface area contributed by atoms with Crippen molar-refractivity contribution in [2.24, 2.45) is 0 Å². The number of carbonyl (C=O) groups is 1. The molecule has 1 atom stereocenters. The Bertz CT molecular complexity index is 947. The number of carbonyl (C=O) groups excluding carboxylic acids is 1. The van der Waals surface area contributed by atoms with E-state index in [4.69, 9.17) is 0 Å². The molecule has 2 aromatic heterocycles. The molecule has 1 fully saturated rings. The van der Waals surface area contributed by atoms with Crippen LogP contribution in [0, 0.1) is 0 Å². The fourth-order valence-corrected chi connectivity index (χ4v) is 4.84. The van der Waals surface area contributed by atoms with E-state index < -0.39 is 0 Å². The minimum absolute atomic E-state index is 0.00298. The average Bonchev–Trinajstić information content (AvgIpc) is 3.24. The van der Waals surface area contributed by atoms with Crippen molar-refractivity contribution < 1.29 is 4.79 Å². The lowest BCUT2D eigenvalue weighted by molar-refractivity contribution is -0.119. The van der Waals surface area contributed by atoms with Crippen molar-refractivity contribution in [1.29, 1.82) is 0 Å². The molecule has 0 unspecified atom stereocenters. The largest absolute Gasteiger partial charge is 0.362 e. The van der Waals surface area contributed by atoms with Crippen molar-refractivity contribution >= 4 is 22.2 Å².